The Bertz CT molecular complexity index is 319. The van der Waals surface area contributed by atoms with Crippen LogP contribution in [0.1, 0.15) is 13.8 Å². The van der Waals surface area contributed by atoms with E-state index in [0.29, 0.717) is 5.69 Å². The Kier molecular flexibility index (Phi) is 5.95. The summed E-state index contributed by atoms with van der Waals surface area (Å²) in [5.74, 6) is -0.764. The molecule has 0 aliphatic rings. The van der Waals surface area contributed by atoms with E-state index < -0.39 is 12.0 Å². The maximum absolute atomic E-state index is 10.0. The number of phenolic OH excluding ortho intramolecular Hbond substituents is 1. The van der Waals surface area contributed by atoms with Gasteiger partial charge in [-0.2, -0.15) is 0 Å². The second-order valence-electron chi connectivity index (χ2n) is 3.67. The molecule has 0 amide bonds. The van der Waals surface area contributed by atoms with E-state index in [2.05, 4.69) is 0 Å². The molecule has 1 atom stereocenters. The van der Waals surface area contributed by atoms with E-state index in [0.717, 1.165) is 0 Å². The number of nitrogens with two attached hydrogens (primary N) is 2. The molecule has 90 valence electrons. The number of aliphatic carboxylic acids is 1. The second-order valence-corrected chi connectivity index (χ2v) is 3.67. The predicted octanol–water partition coefficient (Wildman–Crippen LogP) is 1.03. The predicted molar refractivity (Wildman–Crippen MR) is 63.0 cm³/mol. The van der Waals surface area contributed by atoms with Gasteiger partial charge in [-0.1, -0.05) is 26.0 Å². The van der Waals surface area contributed by atoms with E-state index in [4.69, 9.17) is 21.7 Å². The van der Waals surface area contributed by atoms with Gasteiger partial charge in [-0.3, -0.25) is 4.79 Å². The first kappa shape index (κ1) is 14.2. The fourth-order valence-corrected chi connectivity index (χ4v) is 0.773. The first-order valence-corrected chi connectivity index (χ1v) is 4.88. The van der Waals surface area contributed by atoms with Crippen molar-refractivity contribution >= 4 is 11.7 Å². The number of anilines is 1. The number of benzene rings is 1. The number of hydrogen-bond donors (Lipinski definition) is 4. The first-order valence-electron chi connectivity index (χ1n) is 4.88. The molecule has 1 rings (SSSR count). The zero-order valence-electron chi connectivity index (χ0n) is 9.42. The molecule has 0 bridgehead atoms. The van der Waals surface area contributed by atoms with Gasteiger partial charge in [-0.25, -0.2) is 0 Å². The van der Waals surface area contributed by atoms with Gasteiger partial charge in [0.25, 0.3) is 0 Å². The lowest BCUT2D eigenvalue weighted by molar-refractivity contribution is -0.139. The third-order valence-corrected chi connectivity index (χ3v) is 1.94. The van der Waals surface area contributed by atoms with Gasteiger partial charge < -0.3 is 21.7 Å². The SMILES string of the molecule is CC(C)[C@H](N)C(=O)O.Nc1ccccc1O. The molecule has 5 nitrogen and oxygen atoms in total. The van der Waals surface area contributed by atoms with Crippen LogP contribution in [0.15, 0.2) is 24.3 Å². The minimum absolute atomic E-state index is 0.0208. The normalized spacial score (nSPS) is 11.5. The van der Waals surface area contributed by atoms with E-state index in [1.54, 1.807) is 38.1 Å². The molecule has 0 fully saturated rings. The minimum Gasteiger partial charge on any atom is -0.506 e. The minimum atomic E-state index is -0.931. The van der Waals surface area contributed by atoms with E-state index >= 15 is 0 Å². The number of aromatic hydroxyl groups is 1. The Morgan fingerprint density at radius 1 is 1.31 bits per heavy atom. The van der Waals surface area contributed by atoms with Gasteiger partial charge in [0, 0.05) is 0 Å². The highest BCUT2D eigenvalue weighted by atomic mass is 16.4. The Labute approximate surface area is 94.7 Å². The van der Waals surface area contributed by atoms with Crippen LogP contribution in [0.3, 0.4) is 0 Å². The molecule has 0 saturated carbocycles. The molecular formula is C11H18N2O3. The number of hydrogen-bond acceptors (Lipinski definition) is 4. The van der Waals surface area contributed by atoms with Gasteiger partial charge >= 0.3 is 5.97 Å². The van der Waals surface area contributed by atoms with E-state index in [1.165, 1.54) is 0 Å². The van der Waals surface area contributed by atoms with E-state index in [1.807, 2.05) is 0 Å². The molecule has 5 heteroatoms. The molecule has 1 aromatic carbocycles. The summed E-state index contributed by atoms with van der Waals surface area (Å²) in [5.41, 5.74) is 10.9. The molecule has 1 aromatic rings. The van der Waals surface area contributed by atoms with Crippen LogP contribution < -0.4 is 11.5 Å². The van der Waals surface area contributed by atoms with Crippen LogP contribution in [0.25, 0.3) is 0 Å². The van der Waals surface area contributed by atoms with Crippen LogP contribution in [0.5, 0.6) is 5.75 Å². The van der Waals surface area contributed by atoms with Gasteiger partial charge in [0.05, 0.1) is 5.69 Å². The Hall–Kier alpha value is -1.75. The highest BCUT2D eigenvalue weighted by Gasteiger charge is 2.14. The van der Waals surface area contributed by atoms with Crippen molar-refractivity contribution < 1.29 is 15.0 Å². The molecule has 0 spiro atoms. The maximum atomic E-state index is 10.0. The topological polar surface area (TPSA) is 110 Å². The van der Waals surface area contributed by atoms with E-state index in [9.17, 15) is 4.79 Å². The molecule has 0 radical (unpaired) electrons. The van der Waals surface area contributed by atoms with Crippen LogP contribution >= 0.6 is 0 Å². The molecule has 0 aliphatic heterocycles. The van der Waals surface area contributed by atoms with Gasteiger partial charge in [0.15, 0.2) is 0 Å². The Morgan fingerprint density at radius 3 is 2.00 bits per heavy atom. The maximum Gasteiger partial charge on any atom is 0.320 e. The number of rotatable bonds is 2. The summed E-state index contributed by atoms with van der Waals surface area (Å²) in [7, 11) is 0. The van der Waals surface area contributed by atoms with Crippen LogP contribution in [-0.4, -0.2) is 22.2 Å². The van der Waals surface area contributed by atoms with Crippen LogP contribution in [0, 0.1) is 5.92 Å². The highest BCUT2D eigenvalue weighted by molar-refractivity contribution is 5.73. The largest absolute Gasteiger partial charge is 0.506 e. The summed E-state index contributed by atoms with van der Waals surface area (Å²) in [4.78, 5) is 10.0. The van der Waals surface area contributed by atoms with Gasteiger partial charge in [0.2, 0.25) is 0 Å². The number of para-hydroxylation sites is 2. The first-order chi connectivity index (χ1) is 7.36. The fourth-order valence-electron chi connectivity index (χ4n) is 0.773. The summed E-state index contributed by atoms with van der Waals surface area (Å²) in [6, 6.07) is 5.99. The highest BCUT2D eigenvalue weighted by Crippen LogP contribution is 2.16. The summed E-state index contributed by atoms with van der Waals surface area (Å²) >= 11 is 0. The number of carbonyl (C=O) groups is 1. The molecule has 0 aliphatic carbocycles. The zero-order valence-corrected chi connectivity index (χ0v) is 9.42. The quantitative estimate of drug-likeness (QED) is 0.444. The van der Waals surface area contributed by atoms with Gasteiger partial charge in [-0.15, -0.1) is 0 Å². The van der Waals surface area contributed by atoms with Crippen molar-refractivity contribution in [3.8, 4) is 5.75 Å². The lowest BCUT2D eigenvalue weighted by Gasteiger charge is -2.07. The van der Waals surface area contributed by atoms with Gasteiger partial charge in [-0.05, 0) is 18.1 Å². The van der Waals surface area contributed by atoms with Crippen LogP contribution in [-0.2, 0) is 4.79 Å². The third kappa shape index (κ3) is 5.21. The van der Waals surface area contributed by atoms with Gasteiger partial charge in [0.1, 0.15) is 11.8 Å². The van der Waals surface area contributed by atoms with E-state index in [-0.39, 0.29) is 11.7 Å². The molecule has 0 unspecified atom stereocenters. The van der Waals surface area contributed by atoms with Crippen molar-refractivity contribution in [1.29, 1.82) is 0 Å². The van der Waals surface area contributed by atoms with Crippen molar-refractivity contribution in [2.45, 2.75) is 19.9 Å². The number of carboxylic acid groups (broad SMARTS) is 1. The molecule has 0 heterocycles. The molecule has 6 N–H and O–H groups in total. The Morgan fingerprint density at radius 2 is 1.81 bits per heavy atom. The van der Waals surface area contributed by atoms with Crippen molar-refractivity contribution in [3.63, 3.8) is 0 Å². The van der Waals surface area contributed by atoms with Crippen LogP contribution in [0.4, 0.5) is 5.69 Å². The van der Waals surface area contributed by atoms with Crippen molar-refractivity contribution in [2.75, 3.05) is 5.73 Å². The lowest BCUT2D eigenvalue weighted by atomic mass is 10.1. The summed E-state index contributed by atoms with van der Waals surface area (Å²) in [6.07, 6.45) is 0. The molecular weight excluding hydrogens is 208 g/mol. The van der Waals surface area contributed by atoms with Crippen LogP contribution in [0.2, 0.25) is 0 Å². The number of carboxylic acids is 1. The smallest absolute Gasteiger partial charge is 0.320 e. The average molecular weight is 226 g/mol. The van der Waals surface area contributed by atoms with Crippen molar-refractivity contribution in [3.05, 3.63) is 24.3 Å². The number of phenols is 1. The second kappa shape index (κ2) is 6.68. The third-order valence-electron chi connectivity index (χ3n) is 1.94. The molecule has 0 aromatic heterocycles. The average Bonchev–Trinajstić information content (AvgIpc) is 2.22. The molecule has 16 heavy (non-hydrogen) atoms. The summed E-state index contributed by atoms with van der Waals surface area (Å²) in [6.45, 7) is 3.55. The standard InChI is InChI=1S/C6H7NO.C5H11NO2/c7-5-3-1-2-4-6(5)8;1-3(2)4(6)5(7)8/h1-4,8H,7H2;3-4H,6H2,1-2H3,(H,7,8)/t;4-/m.0/s1. The fraction of sp³-hybridized carbons (Fsp3) is 0.364. The molecule has 0 saturated heterocycles. The monoisotopic (exact) mass is 226 g/mol. The lowest BCUT2D eigenvalue weighted by Crippen LogP contribution is -2.34. The Balaban J connectivity index is 0.000000281. The summed E-state index contributed by atoms with van der Waals surface area (Å²) in [5, 5.41) is 17.0. The van der Waals surface area contributed by atoms with Crippen molar-refractivity contribution in [2.24, 2.45) is 11.7 Å². The van der Waals surface area contributed by atoms with Crippen molar-refractivity contribution in [1.82, 2.24) is 0 Å². The zero-order chi connectivity index (χ0) is 12.7. The number of nitrogen functional groups attached to an aromatic ring is 1. The summed E-state index contributed by atoms with van der Waals surface area (Å²) < 4.78 is 0.